The summed E-state index contributed by atoms with van der Waals surface area (Å²) in [6.07, 6.45) is 1.75. The number of urea groups is 1. The van der Waals surface area contributed by atoms with Gasteiger partial charge in [-0.25, -0.2) is 4.79 Å². The van der Waals surface area contributed by atoms with Crippen LogP contribution in [0.2, 0.25) is 5.02 Å². The summed E-state index contributed by atoms with van der Waals surface area (Å²) in [6, 6.07) is 8.44. The maximum Gasteiger partial charge on any atom is 0.320 e. The van der Waals surface area contributed by atoms with Crippen LogP contribution in [-0.4, -0.2) is 29.0 Å². The van der Waals surface area contributed by atoms with E-state index >= 15 is 0 Å². The molecule has 0 aliphatic carbocycles. The molecule has 2 amide bonds. The Hall–Kier alpha value is -2.21. The summed E-state index contributed by atoms with van der Waals surface area (Å²) in [4.78, 5) is 11.5. The fourth-order valence-electron chi connectivity index (χ4n) is 1.51. The summed E-state index contributed by atoms with van der Waals surface area (Å²) < 4.78 is 7.06. The van der Waals surface area contributed by atoms with Crippen molar-refractivity contribution in [2.45, 2.75) is 0 Å². The van der Waals surface area contributed by atoms with E-state index in [0.717, 1.165) is 0 Å². The molecule has 106 valence electrons. The Morgan fingerprint density at radius 1 is 1.35 bits per heavy atom. The molecule has 0 saturated heterocycles. The zero-order chi connectivity index (χ0) is 14.4. The molecule has 0 bridgehead atoms. The topological polar surface area (TPSA) is 68.2 Å². The third-order valence-corrected chi connectivity index (χ3v) is 2.68. The van der Waals surface area contributed by atoms with E-state index < -0.39 is 0 Å². The van der Waals surface area contributed by atoms with Crippen LogP contribution in [0, 0.1) is 0 Å². The fraction of sp³-hybridized carbons (Fsp3) is 0.231. The lowest BCUT2D eigenvalue weighted by molar-refractivity contribution is 0.247. The second-order valence-electron chi connectivity index (χ2n) is 4.06. The van der Waals surface area contributed by atoms with Gasteiger partial charge in [-0.1, -0.05) is 11.6 Å². The minimum absolute atomic E-state index is 0.316. The van der Waals surface area contributed by atoms with Gasteiger partial charge in [-0.15, -0.1) is 0 Å². The Labute approximate surface area is 121 Å². The Kier molecular flexibility index (Phi) is 4.84. The summed E-state index contributed by atoms with van der Waals surface area (Å²) in [5.74, 6) is 1.21. The van der Waals surface area contributed by atoms with E-state index in [-0.39, 0.29) is 6.03 Å². The molecule has 6 nitrogen and oxygen atoms in total. The Balaban J connectivity index is 1.65. The lowest BCUT2D eigenvalue weighted by Crippen LogP contribution is -2.32. The number of anilines is 1. The third kappa shape index (κ3) is 4.47. The number of nitrogens with one attached hydrogen (secondary N) is 2. The predicted molar refractivity (Wildman–Crippen MR) is 77.2 cm³/mol. The zero-order valence-electron chi connectivity index (χ0n) is 11.0. The highest BCUT2D eigenvalue weighted by Gasteiger charge is 2.03. The van der Waals surface area contributed by atoms with Crippen LogP contribution >= 0.6 is 11.6 Å². The van der Waals surface area contributed by atoms with Crippen molar-refractivity contribution in [2.24, 2.45) is 7.05 Å². The first-order valence-corrected chi connectivity index (χ1v) is 6.44. The van der Waals surface area contributed by atoms with Gasteiger partial charge in [-0.05, 0) is 24.3 Å². The molecule has 0 atom stereocenters. The number of ether oxygens (including phenoxy) is 1. The van der Waals surface area contributed by atoms with E-state index in [1.54, 1.807) is 48.3 Å². The number of amides is 2. The number of aromatic nitrogens is 2. The molecule has 0 unspecified atom stereocenters. The number of hydrogen-bond donors (Lipinski definition) is 2. The van der Waals surface area contributed by atoms with E-state index in [1.165, 1.54) is 0 Å². The Bertz CT molecular complexity index is 568. The molecule has 2 rings (SSSR count). The minimum Gasteiger partial charge on any atom is -0.492 e. The standard InChI is InChI=1S/C13H15ClN4O2/c1-18-8-6-12(17-18)16-13(19)15-7-9-20-11-4-2-10(14)3-5-11/h2-6,8H,7,9H2,1H3,(H2,15,16,17,19). The molecular weight excluding hydrogens is 280 g/mol. The molecule has 0 saturated carbocycles. The fourth-order valence-corrected chi connectivity index (χ4v) is 1.63. The summed E-state index contributed by atoms with van der Waals surface area (Å²) in [5, 5.41) is 9.98. The smallest absolute Gasteiger partial charge is 0.320 e. The van der Waals surface area contributed by atoms with E-state index in [0.29, 0.717) is 29.7 Å². The average molecular weight is 295 g/mol. The second-order valence-corrected chi connectivity index (χ2v) is 4.49. The first-order valence-electron chi connectivity index (χ1n) is 6.06. The van der Waals surface area contributed by atoms with Gasteiger partial charge in [-0.2, -0.15) is 5.10 Å². The molecule has 1 aromatic carbocycles. The summed E-state index contributed by atoms with van der Waals surface area (Å²) >= 11 is 5.76. The van der Waals surface area contributed by atoms with Crippen molar-refractivity contribution in [3.05, 3.63) is 41.6 Å². The van der Waals surface area contributed by atoms with Crippen LogP contribution in [0.4, 0.5) is 10.6 Å². The van der Waals surface area contributed by atoms with Crippen molar-refractivity contribution < 1.29 is 9.53 Å². The van der Waals surface area contributed by atoms with Crippen LogP contribution in [0.1, 0.15) is 0 Å². The molecule has 20 heavy (non-hydrogen) atoms. The number of rotatable bonds is 5. The van der Waals surface area contributed by atoms with Crippen molar-refractivity contribution in [3.8, 4) is 5.75 Å². The second kappa shape index (κ2) is 6.81. The largest absolute Gasteiger partial charge is 0.492 e. The zero-order valence-corrected chi connectivity index (χ0v) is 11.7. The third-order valence-electron chi connectivity index (χ3n) is 2.43. The van der Waals surface area contributed by atoms with Crippen molar-refractivity contribution >= 4 is 23.4 Å². The SMILES string of the molecule is Cn1ccc(NC(=O)NCCOc2ccc(Cl)cc2)n1. The van der Waals surface area contributed by atoms with Gasteiger partial charge in [0.15, 0.2) is 5.82 Å². The molecule has 2 N–H and O–H groups in total. The molecule has 7 heteroatoms. The predicted octanol–water partition coefficient (Wildman–Crippen LogP) is 2.27. The molecule has 2 aromatic rings. The van der Waals surface area contributed by atoms with Gasteiger partial charge in [0.2, 0.25) is 0 Å². The Morgan fingerprint density at radius 2 is 2.10 bits per heavy atom. The quantitative estimate of drug-likeness (QED) is 0.831. The minimum atomic E-state index is -0.316. The summed E-state index contributed by atoms with van der Waals surface area (Å²) in [5.41, 5.74) is 0. The van der Waals surface area contributed by atoms with Gasteiger partial charge >= 0.3 is 6.03 Å². The number of carbonyl (C=O) groups is 1. The van der Waals surface area contributed by atoms with E-state index in [4.69, 9.17) is 16.3 Å². The Morgan fingerprint density at radius 3 is 2.75 bits per heavy atom. The highest BCUT2D eigenvalue weighted by molar-refractivity contribution is 6.30. The van der Waals surface area contributed by atoms with Crippen molar-refractivity contribution in [2.75, 3.05) is 18.5 Å². The van der Waals surface area contributed by atoms with Gasteiger partial charge in [0.05, 0.1) is 6.54 Å². The monoisotopic (exact) mass is 294 g/mol. The van der Waals surface area contributed by atoms with Crippen LogP contribution in [0.5, 0.6) is 5.75 Å². The molecule has 1 heterocycles. The van der Waals surface area contributed by atoms with Gasteiger partial charge in [-0.3, -0.25) is 10.00 Å². The van der Waals surface area contributed by atoms with Crippen molar-refractivity contribution in [3.63, 3.8) is 0 Å². The summed E-state index contributed by atoms with van der Waals surface area (Å²) in [6.45, 7) is 0.762. The lowest BCUT2D eigenvalue weighted by atomic mass is 10.3. The molecular formula is C13H15ClN4O2. The highest BCUT2D eigenvalue weighted by Crippen LogP contribution is 2.15. The normalized spacial score (nSPS) is 10.1. The van der Waals surface area contributed by atoms with Crippen LogP contribution in [0.15, 0.2) is 36.5 Å². The number of hydrogen-bond acceptors (Lipinski definition) is 3. The van der Waals surface area contributed by atoms with E-state index in [9.17, 15) is 4.79 Å². The maximum atomic E-state index is 11.5. The van der Waals surface area contributed by atoms with Crippen LogP contribution in [0.25, 0.3) is 0 Å². The number of nitrogens with zero attached hydrogens (tertiary/aromatic N) is 2. The average Bonchev–Trinajstić information content (AvgIpc) is 2.82. The van der Waals surface area contributed by atoms with Crippen LogP contribution in [-0.2, 0) is 7.05 Å². The number of halogens is 1. The van der Waals surface area contributed by atoms with Crippen molar-refractivity contribution in [1.82, 2.24) is 15.1 Å². The molecule has 0 spiro atoms. The summed E-state index contributed by atoms with van der Waals surface area (Å²) in [7, 11) is 1.78. The first-order chi connectivity index (χ1) is 9.63. The van der Waals surface area contributed by atoms with Crippen LogP contribution in [0.3, 0.4) is 0 Å². The van der Waals surface area contributed by atoms with E-state index in [1.807, 2.05) is 0 Å². The first kappa shape index (κ1) is 14.2. The molecule has 0 radical (unpaired) electrons. The number of benzene rings is 1. The number of carbonyl (C=O) groups excluding carboxylic acids is 1. The van der Waals surface area contributed by atoms with Gasteiger partial charge < -0.3 is 10.1 Å². The molecule has 0 fully saturated rings. The van der Waals surface area contributed by atoms with Crippen LogP contribution < -0.4 is 15.4 Å². The maximum absolute atomic E-state index is 11.5. The molecule has 1 aromatic heterocycles. The number of aryl methyl sites for hydroxylation is 1. The van der Waals surface area contributed by atoms with Gasteiger partial charge in [0, 0.05) is 24.3 Å². The van der Waals surface area contributed by atoms with Gasteiger partial charge in [0.25, 0.3) is 0 Å². The van der Waals surface area contributed by atoms with Gasteiger partial charge in [0.1, 0.15) is 12.4 Å². The molecule has 0 aliphatic rings. The molecule has 0 aliphatic heterocycles. The van der Waals surface area contributed by atoms with Crippen molar-refractivity contribution in [1.29, 1.82) is 0 Å². The highest BCUT2D eigenvalue weighted by atomic mass is 35.5. The lowest BCUT2D eigenvalue weighted by Gasteiger charge is -2.08. The van der Waals surface area contributed by atoms with E-state index in [2.05, 4.69) is 15.7 Å².